The van der Waals surface area contributed by atoms with Gasteiger partial charge < -0.3 is 10.0 Å². The van der Waals surface area contributed by atoms with Gasteiger partial charge in [0.05, 0.1) is 16.1 Å². The average Bonchev–Trinajstić information content (AvgIpc) is 2.92. The number of thioether (sulfide) groups is 1. The van der Waals surface area contributed by atoms with Crippen molar-refractivity contribution in [2.75, 3.05) is 5.75 Å². The van der Waals surface area contributed by atoms with Crippen LogP contribution in [-0.4, -0.2) is 44.0 Å². The number of carboxylic acid groups (broad SMARTS) is 1. The zero-order valence-electron chi connectivity index (χ0n) is 11.8. The Morgan fingerprint density at radius 1 is 1.45 bits per heavy atom. The molecule has 1 saturated heterocycles. The second-order valence-electron chi connectivity index (χ2n) is 4.79. The second kappa shape index (κ2) is 6.13. The van der Waals surface area contributed by atoms with Gasteiger partial charge in [0.15, 0.2) is 0 Å². The number of hydrogen-bond acceptors (Lipinski definition) is 5. The SMILES string of the molecule is CCCC1SCC(C(=O)O)N1C(=O)c1sc(C)nc1C. The number of amides is 1. The largest absolute Gasteiger partial charge is 0.480 e. The lowest BCUT2D eigenvalue weighted by Gasteiger charge is -2.26. The maximum absolute atomic E-state index is 12.7. The van der Waals surface area contributed by atoms with Gasteiger partial charge in [-0.3, -0.25) is 4.79 Å². The summed E-state index contributed by atoms with van der Waals surface area (Å²) in [5.41, 5.74) is 0.689. The van der Waals surface area contributed by atoms with E-state index in [0.717, 1.165) is 17.8 Å². The molecule has 0 aromatic carbocycles. The third kappa shape index (κ3) is 2.83. The number of carboxylic acids is 1. The van der Waals surface area contributed by atoms with Crippen molar-refractivity contribution >= 4 is 35.0 Å². The lowest BCUT2D eigenvalue weighted by molar-refractivity contribution is -0.141. The Bertz CT molecular complexity index is 530. The van der Waals surface area contributed by atoms with Crippen LogP contribution in [0.1, 0.15) is 40.1 Å². The fraction of sp³-hybridized carbons (Fsp3) is 0.615. The minimum atomic E-state index is -0.927. The number of rotatable bonds is 4. The highest BCUT2D eigenvalue weighted by Gasteiger charge is 2.42. The molecule has 5 nitrogen and oxygen atoms in total. The van der Waals surface area contributed by atoms with Gasteiger partial charge in [-0.05, 0) is 20.3 Å². The maximum atomic E-state index is 12.7. The summed E-state index contributed by atoms with van der Waals surface area (Å²) in [5, 5.41) is 10.1. The Hall–Kier alpha value is -1.08. The molecule has 0 saturated carbocycles. The molecule has 1 aromatic heterocycles. The molecule has 2 unspecified atom stereocenters. The minimum absolute atomic E-state index is 0.0459. The van der Waals surface area contributed by atoms with Crippen LogP contribution in [0, 0.1) is 13.8 Å². The summed E-state index contributed by atoms with van der Waals surface area (Å²) >= 11 is 2.89. The molecular weight excluding hydrogens is 296 g/mol. The molecular formula is C13H18N2O3S2. The number of hydrogen-bond donors (Lipinski definition) is 1. The molecule has 1 N–H and O–H groups in total. The van der Waals surface area contributed by atoms with Crippen molar-refractivity contribution in [1.29, 1.82) is 0 Å². The first-order chi connectivity index (χ1) is 9.45. The smallest absolute Gasteiger partial charge is 0.327 e. The molecule has 1 amide bonds. The summed E-state index contributed by atoms with van der Waals surface area (Å²) in [6, 6.07) is -0.731. The van der Waals surface area contributed by atoms with Crippen LogP contribution in [-0.2, 0) is 4.79 Å². The lowest BCUT2D eigenvalue weighted by atomic mass is 10.2. The van der Waals surface area contributed by atoms with Gasteiger partial charge >= 0.3 is 5.97 Å². The highest BCUT2D eigenvalue weighted by Crippen LogP contribution is 2.34. The third-order valence-electron chi connectivity index (χ3n) is 3.25. The van der Waals surface area contributed by atoms with E-state index >= 15 is 0 Å². The molecule has 1 aromatic rings. The van der Waals surface area contributed by atoms with E-state index in [2.05, 4.69) is 4.98 Å². The summed E-state index contributed by atoms with van der Waals surface area (Å²) in [5.74, 6) is -0.657. The van der Waals surface area contributed by atoms with E-state index < -0.39 is 12.0 Å². The van der Waals surface area contributed by atoms with Crippen LogP contribution in [0.25, 0.3) is 0 Å². The van der Waals surface area contributed by atoms with Crippen molar-refractivity contribution in [3.05, 3.63) is 15.6 Å². The number of thiazole rings is 1. The van der Waals surface area contributed by atoms with Gasteiger partial charge in [0.1, 0.15) is 10.9 Å². The van der Waals surface area contributed by atoms with Gasteiger partial charge in [0.2, 0.25) is 0 Å². The van der Waals surface area contributed by atoms with Gasteiger partial charge in [0, 0.05) is 5.75 Å². The Morgan fingerprint density at radius 2 is 2.15 bits per heavy atom. The van der Waals surface area contributed by atoms with Gasteiger partial charge in [-0.25, -0.2) is 9.78 Å². The summed E-state index contributed by atoms with van der Waals surface area (Å²) in [6.45, 7) is 5.69. The number of aromatic nitrogens is 1. The lowest BCUT2D eigenvalue weighted by Crippen LogP contribution is -2.45. The highest BCUT2D eigenvalue weighted by atomic mass is 32.2. The fourth-order valence-corrected chi connectivity index (χ4v) is 4.72. The molecule has 20 heavy (non-hydrogen) atoms. The molecule has 0 spiro atoms. The normalized spacial score (nSPS) is 22.2. The summed E-state index contributed by atoms with van der Waals surface area (Å²) in [6.07, 6.45) is 1.74. The van der Waals surface area contributed by atoms with E-state index in [1.807, 2.05) is 13.8 Å². The van der Waals surface area contributed by atoms with Gasteiger partial charge in [-0.1, -0.05) is 13.3 Å². The van der Waals surface area contributed by atoms with Crippen LogP contribution >= 0.6 is 23.1 Å². The molecule has 0 bridgehead atoms. The predicted molar refractivity (Wildman–Crippen MR) is 80.3 cm³/mol. The molecule has 7 heteroatoms. The Morgan fingerprint density at radius 3 is 2.65 bits per heavy atom. The molecule has 1 fully saturated rings. The molecule has 2 atom stereocenters. The Kier molecular flexibility index (Phi) is 4.70. The van der Waals surface area contributed by atoms with E-state index in [0.29, 0.717) is 16.3 Å². The van der Waals surface area contributed by atoms with Crippen molar-refractivity contribution in [3.8, 4) is 0 Å². The van der Waals surface area contributed by atoms with Crippen molar-refractivity contribution in [2.24, 2.45) is 0 Å². The van der Waals surface area contributed by atoms with Crippen LogP contribution in [0.3, 0.4) is 0 Å². The zero-order chi connectivity index (χ0) is 14.9. The van der Waals surface area contributed by atoms with Crippen molar-refractivity contribution < 1.29 is 14.7 Å². The Labute approximate surface area is 126 Å². The monoisotopic (exact) mass is 314 g/mol. The van der Waals surface area contributed by atoms with Gasteiger partial charge in [0.25, 0.3) is 5.91 Å². The highest BCUT2D eigenvalue weighted by molar-refractivity contribution is 8.00. The first kappa shape index (κ1) is 15.3. The molecule has 1 aliphatic heterocycles. The van der Waals surface area contributed by atoms with Crippen molar-refractivity contribution in [3.63, 3.8) is 0 Å². The first-order valence-corrected chi connectivity index (χ1v) is 8.43. The van der Waals surface area contributed by atoms with E-state index in [-0.39, 0.29) is 11.3 Å². The topological polar surface area (TPSA) is 70.5 Å². The van der Waals surface area contributed by atoms with Crippen LogP contribution in [0.5, 0.6) is 0 Å². The van der Waals surface area contributed by atoms with Gasteiger partial charge in [-0.2, -0.15) is 0 Å². The molecule has 0 aliphatic carbocycles. The van der Waals surface area contributed by atoms with Crippen LogP contribution < -0.4 is 0 Å². The predicted octanol–water partition coefficient (Wildman–Crippen LogP) is 2.53. The van der Waals surface area contributed by atoms with E-state index in [4.69, 9.17) is 0 Å². The van der Waals surface area contributed by atoms with E-state index in [1.54, 1.807) is 18.7 Å². The quantitative estimate of drug-likeness (QED) is 0.924. The zero-order valence-corrected chi connectivity index (χ0v) is 13.4. The van der Waals surface area contributed by atoms with Crippen LogP contribution in [0.15, 0.2) is 0 Å². The van der Waals surface area contributed by atoms with Crippen LogP contribution in [0.2, 0.25) is 0 Å². The molecule has 2 heterocycles. The summed E-state index contributed by atoms with van der Waals surface area (Å²) in [7, 11) is 0. The average molecular weight is 314 g/mol. The minimum Gasteiger partial charge on any atom is -0.480 e. The number of aliphatic carboxylic acids is 1. The number of carbonyl (C=O) groups is 2. The molecule has 0 radical (unpaired) electrons. The van der Waals surface area contributed by atoms with Crippen molar-refractivity contribution in [1.82, 2.24) is 9.88 Å². The maximum Gasteiger partial charge on any atom is 0.327 e. The fourth-order valence-electron chi connectivity index (χ4n) is 2.34. The first-order valence-electron chi connectivity index (χ1n) is 6.56. The third-order valence-corrected chi connectivity index (χ3v) is 5.66. The molecule has 1 aliphatic rings. The Balaban J connectivity index is 2.31. The van der Waals surface area contributed by atoms with E-state index in [1.165, 1.54) is 16.2 Å². The standard InChI is InChI=1S/C13H18N2O3S2/c1-4-5-10-15(9(6-19-10)13(17)18)12(16)11-7(2)14-8(3)20-11/h9-10H,4-6H2,1-3H3,(H,17,18). The summed E-state index contributed by atoms with van der Waals surface area (Å²) < 4.78 is 0. The van der Waals surface area contributed by atoms with Crippen molar-refractivity contribution in [2.45, 2.75) is 45.0 Å². The van der Waals surface area contributed by atoms with Gasteiger partial charge in [-0.15, -0.1) is 23.1 Å². The number of carbonyl (C=O) groups excluding carboxylic acids is 1. The summed E-state index contributed by atoms with van der Waals surface area (Å²) in [4.78, 5) is 30.4. The molecule has 110 valence electrons. The number of aryl methyl sites for hydroxylation is 2. The number of nitrogens with zero attached hydrogens (tertiary/aromatic N) is 2. The second-order valence-corrected chi connectivity index (χ2v) is 7.20. The molecule has 2 rings (SSSR count). The van der Waals surface area contributed by atoms with E-state index in [9.17, 15) is 14.7 Å². The van der Waals surface area contributed by atoms with Crippen LogP contribution in [0.4, 0.5) is 0 Å².